The number of nitro groups is 1. The van der Waals surface area contributed by atoms with Crippen molar-refractivity contribution in [2.75, 3.05) is 19.8 Å². The molecule has 0 atom stereocenters. The Morgan fingerprint density at radius 1 is 1.13 bits per heavy atom. The lowest BCUT2D eigenvalue weighted by Gasteiger charge is -2.11. The Morgan fingerprint density at radius 3 is 2.53 bits per heavy atom. The zero-order valence-electron chi connectivity index (χ0n) is 15.9. The SMILES string of the molecule is C=CCN1C(=O)C(=Cc2ccccc2OCCOc2ccc([N+](=O)[O-])cc2)SC1=S. The number of hydrogen-bond acceptors (Lipinski definition) is 7. The van der Waals surface area contributed by atoms with Crippen LogP contribution in [-0.2, 0) is 4.79 Å². The molecule has 154 valence electrons. The normalized spacial score (nSPS) is 14.8. The number of hydrogen-bond donors (Lipinski definition) is 0. The molecular weight excluding hydrogens is 424 g/mol. The molecule has 1 saturated heterocycles. The zero-order chi connectivity index (χ0) is 21.5. The van der Waals surface area contributed by atoms with Crippen molar-refractivity contribution in [1.29, 1.82) is 0 Å². The molecule has 2 aromatic carbocycles. The maximum absolute atomic E-state index is 12.5. The number of amides is 1. The largest absolute Gasteiger partial charge is 0.490 e. The molecule has 1 heterocycles. The van der Waals surface area contributed by atoms with Crippen LogP contribution in [-0.4, -0.2) is 39.8 Å². The van der Waals surface area contributed by atoms with Gasteiger partial charge in [0, 0.05) is 24.2 Å². The van der Waals surface area contributed by atoms with Crippen LogP contribution in [0.4, 0.5) is 5.69 Å². The van der Waals surface area contributed by atoms with E-state index < -0.39 is 4.92 Å². The van der Waals surface area contributed by atoms with Crippen LogP contribution >= 0.6 is 24.0 Å². The molecule has 1 amide bonds. The van der Waals surface area contributed by atoms with Crippen molar-refractivity contribution in [2.45, 2.75) is 0 Å². The Bertz CT molecular complexity index is 1000. The third-order valence-corrected chi connectivity index (χ3v) is 5.43. The van der Waals surface area contributed by atoms with Gasteiger partial charge in [-0.3, -0.25) is 19.8 Å². The van der Waals surface area contributed by atoms with Gasteiger partial charge in [0.15, 0.2) is 0 Å². The van der Waals surface area contributed by atoms with E-state index in [4.69, 9.17) is 21.7 Å². The predicted octanol–water partition coefficient (Wildman–Crippen LogP) is 4.44. The summed E-state index contributed by atoms with van der Waals surface area (Å²) in [5.74, 6) is 0.975. The number of ether oxygens (including phenoxy) is 2. The summed E-state index contributed by atoms with van der Waals surface area (Å²) in [6.45, 7) is 4.54. The van der Waals surface area contributed by atoms with E-state index >= 15 is 0 Å². The molecule has 0 aromatic heterocycles. The third kappa shape index (κ3) is 5.25. The maximum atomic E-state index is 12.5. The lowest BCUT2D eigenvalue weighted by molar-refractivity contribution is -0.384. The van der Waals surface area contributed by atoms with Crippen LogP contribution in [0, 0.1) is 10.1 Å². The summed E-state index contributed by atoms with van der Waals surface area (Å²) in [4.78, 5) is 24.7. The van der Waals surface area contributed by atoms with Gasteiger partial charge in [0.1, 0.15) is 29.0 Å². The number of benzene rings is 2. The van der Waals surface area contributed by atoms with Crippen molar-refractivity contribution < 1.29 is 19.2 Å². The molecule has 0 aliphatic carbocycles. The van der Waals surface area contributed by atoms with Crippen LogP contribution in [0.3, 0.4) is 0 Å². The van der Waals surface area contributed by atoms with Crippen LogP contribution < -0.4 is 9.47 Å². The van der Waals surface area contributed by atoms with Crippen molar-refractivity contribution in [1.82, 2.24) is 4.90 Å². The molecule has 1 aliphatic rings. The molecule has 30 heavy (non-hydrogen) atoms. The van der Waals surface area contributed by atoms with E-state index in [1.54, 1.807) is 12.2 Å². The Labute approximate surface area is 183 Å². The highest BCUT2D eigenvalue weighted by atomic mass is 32.2. The minimum atomic E-state index is -0.463. The number of non-ortho nitro benzene ring substituents is 1. The van der Waals surface area contributed by atoms with Crippen molar-refractivity contribution in [3.05, 3.63) is 81.8 Å². The van der Waals surface area contributed by atoms with Gasteiger partial charge in [-0.25, -0.2) is 0 Å². The molecule has 2 aromatic rings. The predicted molar refractivity (Wildman–Crippen MR) is 121 cm³/mol. The van der Waals surface area contributed by atoms with Gasteiger partial charge in [-0.05, 0) is 24.3 Å². The standard InChI is InChI=1S/C21H18N2O5S2/c1-2-11-22-20(24)19(30-21(22)29)14-15-5-3-4-6-18(15)28-13-12-27-17-9-7-16(8-10-17)23(25)26/h2-10,14H,1,11-13H2. The smallest absolute Gasteiger partial charge is 0.269 e. The van der Waals surface area contributed by atoms with E-state index in [0.717, 1.165) is 5.56 Å². The molecule has 3 rings (SSSR count). The number of nitrogens with zero attached hydrogens (tertiary/aromatic N) is 2. The van der Waals surface area contributed by atoms with E-state index in [1.165, 1.54) is 40.9 Å². The average Bonchev–Trinajstić information content (AvgIpc) is 3.00. The van der Waals surface area contributed by atoms with Gasteiger partial charge in [0.25, 0.3) is 11.6 Å². The van der Waals surface area contributed by atoms with E-state index in [0.29, 0.717) is 27.3 Å². The molecule has 0 bridgehead atoms. The number of thiocarbonyl (C=S) groups is 1. The Morgan fingerprint density at radius 2 is 1.83 bits per heavy atom. The number of carbonyl (C=O) groups excluding carboxylic acids is 1. The number of nitro benzene ring substituents is 1. The molecule has 1 aliphatic heterocycles. The first-order chi connectivity index (χ1) is 14.5. The molecule has 7 nitrogen and oxygen atoms in total. The molecule has 0 N–H and O–H groups in total. The van der Waals surface area contributed by atoms with E-state index in [9.17, 15) is 14.9 Å². The lowest BCUT2D eigenvalue weighted by atomic mass is 10.2. The molecular formula is C21H18N2O5S2. The molecule has 0 saturated carbocycles. The maximum Gasteiger partial charge on any atom is 0.269 e. The molecule has 9 heteroatoms. The summed E-state index contributed by atoms with van der Waals surface area (Å²) in [5, 5.41) is 10.7. The highest BCUT2D eigenvalue weighted by Crippen LogP contribution is 2.34. The topological polar surface area (TPSA) is 81.9 Å². The van der Waals surface area contributed by atoms with E-state index in [-0.39, 0.29) is 24.8 Å². The van der Waals surface area contributed by atoms with Crippen molar-refractivity contribution >= 4 is 46.0 Å². The molecule has 0 radical (unpaired) electrons. The van der Waals surface area contributed by atoms with Crippen molar-refractivity contribution in [3.8, 4) is 11.5 Å². The van der Waals surface area contributed by atoms with Gasteiger partial charge < -0.3 is 9.47 Å². The summed E-state index contributed by atoms with van der Waals surface area (Å²) >= 11 is 6.50. The summed E-state index contributed by atoms with van der Waals surface area (Å²) in [7, 11) is 0. The summed E-state index contributed by atoms with van der Waals surface area (Å²) < 4.78 is 11.9. The van der Waals surface area contributed by atoms with E-state index in [1.807, 2.05) is 24.3 Å². The van der Waals surface area contributed by atoms with Gasteiger partial charge in [0.2, 0.25) is 0 Å². The number of rotatable bonds is 9. The summed E-state index contributed by atoms with van der Waals surface area (Å²) in [5.41, 5.74) is 0.762. The number of para-hydroxylation sites is 1. The number of thioether (sulfide) groups is 1. The van der Waals surface area contributed by atoms with Gasteiger partial charge in [0.05, 0.1) is 9.83 Å². The van der Waals surface area contributed by atoms with Crippen molar-refractivity contribution in [2.24, 2.45) is 0 Å². The molecule has 0 spiro atoms. The summed E-state index contributed by atoms with van der Waals surface area (Å²) in [6, 6.07) is 13.2. The Hall–Kier alpha value is -3.17. The highest BCUT2D eigenvalue weighted by molar-refractivity contribution is 8.26. The molecule has 0 unspecified atom stereocenters. The van der Waals surface area contributed by atoms with Gasteiger partial charge in [-0.2, -0.15) is 0 Å². The second-order valence-electron chi connectivity index (χ2n) is 6.07. The monoisotopic (exact) mass is 442 g/mol. The zero-order valence-corrected chi connectivity index (χ0v) is 17.5. The van der Waals surface area contributed by atoms with E-state index in [2.05, 4.69) is 6.58 Å². The van der Waals surface area contributed by atoms with Crippen LogP contribution in [0.15, 0.2) is 66.1 Å². The Kier molecular flexibility index (Phi) is 7.21. The van der Waals surface area contributed by atoms with Crippen molar-refractivity contribution in [3.63, 3.8) is 0 Å². The minimum Gasteiger partial charge on any atom is -0.490 e. The summed E-state index contributed by atoms with van der Waals surface area (Å²) in [6.07, 6.45) is 3.39. The second kappa shape index (κ2) is 10.0. The fourth-order valence-corrected chi connectivity index (χ4v) is 3.90. The first-order valence-electron chi connectivity index (χ1n) is 8.95. The van der Waals surface area contributed by atoms with Crippen LogP contribution in [0.1, 0.15) is 5.56 Å². The first-order valence-corrected chi connectivity index (χ1v) is 10.2. The first kappa shape index (κ1) is 21.5. The Balaban J connectivity index is 1.60. The van der Waals surface area contributed by atoms with Crippen LogP contribution in [0.5, 0.6) is 11.5 Å². The molecule has 1 fully saturated rings. The fraction of sp³-hybridized carbons (Fsp3) is 0.143. The number of carbonyl (C=O) groups is 1. The van der Waals surface area contributed by atoms with Gasteiger partial charge in [-0.1, -0.05) is 48.3 Å². The lowest BCUT2D eigenvalue weighted by Crippen LogP contribution is -2.27. The minimum absolute atomic E-state index is 0.00559. The quantitative estimate of drug-likeness (QED) is 0.142. The van der Waals surface area contributed by atoms with Crippen LogP contribution in [0.2, 0.25) is 0 Å². The fourth-order valence-electron chi connectivity index (χ4n) is 2.63. The van der Waals surface area contributed by atoms with Crippen LogP contribution in [0.25, 0.3) is 6.08 Å². The van der Waals surface area contributed by atoms with Gasteiger partial charge >= 0.3 is 0 Å². The highest BCUT2D eigenvalue weighted by Gasteiger charge is 2.31. The third-order valence-electron chi connectivity index (χ3n) is 4.05. The second-order valence-corrected chi connectivity index (χ2v) is 7.74. The average molecular weight is 443 g/mol. The van der Waals surface area contributed by atoms with Gasteiger partial charge in [-0.15, -0.1) is 6.58 Å².